The van der Waals surface area contributed by atoms with Gasteiger partial charge in [0.2, 0.25) is 21.8 Å². The summed E-state index contributed by atoms with van der Waals surface area (Å²) < 4.78 is 26.2. The lowest BCUT2D eigenvalue weighted by molar-refractivity contribution is -0.139. The van der Waals surface area contributed by atoms with E-state index in [1.54, 1.807) is 43.3 Å². The zero-order valence-corrected chi connectivity index (χ0v) is 21.1. The fourth-order valence-electron chi connectivity index (χ4n) is 3.30. The molecule has 0 aliphatic carbocycles. The molecule has 9 heteroatoms. The number of amides is 2. The van der Waals surface area contributed by atoms with E-state index < -0.39 is 28.5 Å². The third kappa shape index (κ3) is 7.47. The third-order valence-electron chi connectivity index (χ3n) is 5.33. The number of hydrogen-bond acceptors (Lipinski definition) is 4. The van der Waals surface area contributed by atoms with Crippen molar-refractivity contribution in [3.8, 4) is 0 Å². The Kier molecular flexibility index (Phi) is 9.73. The number of aryl methyl sites for hydroxylation is 1. The van der Waals surface area contributed by atoms with E-state index in [1.165, 1.54) is 4.90 Å². The Balaban J connectivity index is 2.37. The summed E-state index contributed by atoms with van der Waals surface area (Å²) in [7, 11) is -3.75. The molecule has 0 spiro atoms. The second-order valence-electron chi connectivity index (χ2n) is 7.87. The second-order valence-corrected chi connectivity index (χ2v) is 10.2. The van der Waals surface area contributed by atoms with Crippen molar-refractivity contribution >= 4 is 39.1 Å². The van der Waals surface area contributed by atoms with E-state index in [0.29, 0.717) is 22.8 Å². The van der Waals surface area contributed by atoms with E-state index >= 15 is 0 Å². The summed E-state index contributed by atoms with van der Waals surface area (Å²) in [6.45, 7) is 5.69. The Morgan fingerprint density at radius 2 is 1.70 bits per heavy atom. The van der Waals surface area contributed by atoms with E-state index in [1.807, 2.05) is 26.0 Å². The first-order valence-corrected chi connectivity index (χ1v) is 13.2. The van der Waals surface area contributed by atoms with Gasteiger partial charge < -0.3 is 10.2 Å². The SMILES string of the molecule is CCCNC(=O)[C@@H](C)N(Cc1ccccc1Cl)C(=O)CN(c1ccc(CC)cc1)S(C)(=O)=O. The van der Waals surface area contributed by atoms with Gasteiger partial charge in [-0.2, -0.15) is 0 Å². The molecular formula is C24H32ClN3O4S. The van der Waals surface area contributed by atoms with Crippen LogP contribution in [0.4, 0.5) is 5.69 Å². The summed E-state index contributed by atoms with van der Waals surface area (Å²) in [5.74, 6) is -0.811. The molecule has 0 aromatic heterocycles. The van der Waals surface area contributed by atoms with E-state index in [2.05, 4.69) is 5.32 Å². The summed E-state index contributed by atoms with van der Waals surface area (Å²) in [4.78, 5) is 27.5. The first-order chi connectivity index (χ1) is 15.6. The molecule has 0 saturated heterocycles. The summed E-state index contributed by atoms with van der Waals surface area (Å²) in [6, 6.07) is 13.3. The van der Waals surface area contributed by atoms with Crippen molar-refractivity contribution in [3.63, 3.8) is 0 Å². The molecule has 1 atom stereocenters. The van der Waals surface area contributed by atoms with Gasteiger partial charge >= 0.3 is 0 Å². The largest absolute Gasteiger partial charge is 0.354 e. The van der Waals surface area contributed by atoms with Gasteiger partial charge in [-0.1, -0.05) is 55.8 Å². The predicted octanol–water partition coefficient (Wildman–Crippen LogP) is 3.61. The van der Waals surface area contributed by atoms with Gasteiger partial charge in [-0.05, 0) is 49.1 Å². The van der Waals surface area contributed by atoms with Crippen LogP contribution in [0.5, 0.6) is 0 Å². The number of nitrogens with one attached hydrogen (secondary N) is 1. The minimum atomic E-state index is -3.75. The fourth-order valence-corrected chi connectivity index (χ4v) is 4.35. The van der Waals surface area contributed by atoms with Crippen LogP contribution in [0.25, 0.3) is 0 Å². The molecule has 0 fully saturated rings. The van der Waals surface area contributed by atoms with Gasteiger partial charge in [0.25, 0.3) is 0 Å². The molecule has 0 aliphatic heterocycles. The van der Waals surface area contributed by atoms with Crippen molar-refractivity contribution in [1.29, 1.82) is 0 Å². The maximum absolute atomic E-state index is 13.4. The minimum Gasteiger partial charge on any atom is -0.354 e. The van der Waals surface area contributed by atoms with Gasteiger partial charge in [0.1, 0.15) is 12.6 Å². The Hall–Kier alpha value is -2.58. The van der Waals surface area contributed by atoms with Gasteiger partial charge in [0.15, 0.2) is 0 Å². The first kappa shape index (κ1) is 26.7. The number of benzene rings is 2. The number of carbonyl (C=O) groups excluding carboxylic acids is 2. The number of anilines is 1. The molecule has 2 aromatic rings. The molecule has 0 heterocycles. The zero-order chi connectivity index (χ0) is 24.6. The number of carbonyl (C=O) groups is 2. The Morgan fingerprint density at radius 3 is 2.24 bits per heavy atom. The molecule has 0 saturated carbocycles. The van der Waals surface area contributed by atoms with Crippen molar-refractivity contribution in [1.82, 2.24) is 10.2 Å². The van der Waals surface area contributed by atoms with Gasteiger partial charge in [-0.15, -0.1) is 0 Å². The summed E-state index contributed by atoms with van der Waals surface area (Å²) in [5, 5.41) is 3.26. The molecule has 0 unspecified atom stereocenters. The number of rotatable bonds is 11. The quantitative estimate of drug-likeness (QED) is 0.518. The van der Waals surface area contributed by atoms with Crippen LogP contribution in [0.1, 0.15) is 38.3 Å². The van der Waals surface area contributed by atoms with E-state index in [0.717, 1.165) is 29.0 Å². The van der Waals surface area contributed by atoms with Crippen LogP contribution in [-0.2, 0) is 32.6 Å². The second kappa shape index (κ2) is 12.0. The number of nitrogens with zero attached hydrogens (tertiary/aromatic N) is 2. The van der Waals surface area contributed by atoms with E-state index in [-0.39, 0.29) is 12.5 Å². The van der Waals surface area contributed by atoms with Crippen LogP contribution < -0.4 is 9.62 Å². The van der Waals surface area contributed by atoms with E-state index in [9.17, 15) is 18.0 Å². The highest BCUT2D eigenvalue weighted by molar-refractivity contribution is 7.92. The van der Waals surface area contributed by atoms with Crippen molar-refractivity contribution in [2.24, 2.45) is 0 Å². The molecule has 7 nitrogen and oxygen atoms in total. The Morgan fingerprint density at radius 1 is 1.06 bits per heavy atom. The van der Waals surface area contributed by atoms with E-state index in [4.69, 9.17) is 11.6 Å². The highest BCUT2D eigenvalue weighted by atomic mass is 35.5. The zero-order valence-electron chi connectivity index (χ0n) is 19.5. The molecule has 2 rings (SSSR count). The maximum atomic E-state index is 13.4. The summed E-state index contributed by atoms with van der Waals surface area (Å²) in [6.07, 6.45) is 2.63. The Bertz CT molecular complexity index is 1060. The van der Waals surface area contributed by atoms with Crippen molar-refractivity contribution in [3.05, 3.63) is 64.7 Å². The number of sulfonamides is 1. The van der Waals surface area contributed by atoms with Crippen LogP contribution in [0.2, 0.25) is 5.02 Å². The maximum Gasteiger partial charge on any atom is 0.244 e. The summed E-state index contributed by atoms with van der Waals surface area (Å²) >= 11 is 6.30. The van der Waals surface area contributed by atoms with Gasteiger partial charge in [-0.3, -0.25) is 13.9 Å². The average molecular weight is 494 g/mol. The fraction of sp³-hybridized carbons (Fsp3) is 0.417. The van der Waals surface area contributed by atoms with Crippen LogP contribution in [0.3, 0.4) is 0 Å². The van der Waals surface area contributed by atoms with Gasteiger partial charge in [-0.25, -0.2) is 8.42 Å². The molecule has 180 valence electrons. The van der Waals surface area contributed by atoms with Crippen molar-refractivity contribution in [2.75, 3.05) is 23.7 Å². The van der Waals surface area contributed by atoms with Crippen LogP contribution in [0.15, 0.2) is 48.5 Å². The number of halogens is 1. The van der Waals surface area contributed by atoms with Crippen LogP contribution in [0, 0.1) is 0 Å². The highest BCUT2D eigenvalue weighted by Crippen LogP contribution is 2.22. The molecule has 0 radical (unpaired) electrons. The predicted molar refractivity (Wildman–Crippen MR) is 133 cm³/mol. The normalized spacial score (nSPS) is 12.2. The molecule has 0 aliphatic rings. The lowest BCUT2D eigenvalue weighted by Crippen LogP contribution is -2.51. The molecular weight excluding hydrogens is 462 g/mol. The highest BCUT2D eigenvalue weighted by Gasteiger charge is 2.30. The summed E-state index contributed by atoms with van der Waals surface area (Å²) in [5.41, 5.74) is 2.12. The first-order valence-electron chi connectivity index (χ1n) is 11.0. The molecule has 1 N–H and O–H groups in total. The minimum absolute atomic E-state index is 0.0750. The van der Waals surface area contributed by atoms with Crippen molar-refractivity contribution in [2.45, 2.75) is 46.2 Å². The van der Waals surface area contributed by atoms with Gasteiger partial charge in [0.05, 0.1) is 11.9 Å². The lowest BCUT2D eigenvalue weighted by Gasteiger charge is -2.31. The van der Waals surface area contributed by atoms with Crippen LogP contribution >= 0.6 is 11.6 Å². The number of hydrogen-bond donors (Lipinski definition) is 1. The lowest BCUT2D eigenvalue weighted by atomic mass is 10.1. The smallest absolute Gasteiger partial charge is 0.244 e. The average Bonchev–Trinajstić information content (AvgIpc) is 2.79. The molecule has 0 bridgehead atoms. The monoisotopic (exact) mass is 493 g/mol. The van der Waals surface area contributed by atoms with Gasteiger partial charge in [0, 0.05) is 18.1 Å². The topological polar surface area (TPSA) is 86.8 Å². The molecule has 2 aromatic carbocycles. The Labute approximate surface area is 201 Å². The third-order valence-corrected chi connectivity index (χ3v) is 6.84. The molecule has 2 amide bonds. The molecule has 33 heavy (non-hydrogen) atoms. The van der Waals surface area contributed by atoms with Crippen molar-refractivity contribution < 1.29 is 18.0 Å². The van der Waals surface area contributed by atoms with Crippen LogP contribution in [-0.4, -0.2) is 50.5 Å². The standard InChI is InChI=1S/C24H32ClN3O4S/c1-5-15-26-24(30)18(3)27(16-20-9-7-8-10-22(20)25)23(29)17-28(33(4,31)32)21-13-11-19(6-2)12-14-21/h7-14,18H,5-6,15-17H2,1-4H3,(H,26,30)/t18-/m1/s1.